The fourth-order valence-electron chi connectivity index (χ4n) is 1.29. The summed E-state index contributed by atoms with van der Waals surface area (Å²) in [6.45, 7) is 0.138. The van der Waals surface area contributed by atoms with E-state index in [9.17, 15) is 9.18 Å². The highest BCUT2D eigenvalue weighted by Gasteiger charge is 2.04. The predicted molar refractivity (Wildman–Crippen MR) is 59.7 cm³/mol. The van der Waals surface area contributed by atoms with E-state index in [0.29, 0.717) is 11.3 Å². The molecule has 0 spiro atoms. The van der Waals surface area contributed by atoms with Crippen LogP contribution >= 0.6 is 0 Å². The Morgan fingerprint density at radius 1 is 1.33 bits per heavy atom. The van der Waals surface area contributed by atoms with E-state index in [-0.39, 0.29) is 12.3 Å². The normalized spacial score (nSPS) is 10.1. The van der Waals surface area contributed by atoms with Gasteiger partial charge in [-0.2, -0.15) is 0 Å². The van der Waals surface area contributed by atoms with Gasteiger partial charge in [0.25, 0.3) is 0 Å². The van der Waals surface area contributed by atoms with Crippen LogP contribution in [0.3, 0.4) is 0 Å². The number of nitrogens with zero attached hydrogens (tertiary/aromatic N) is 2. The summed E-state index contributed by atoms with van der Waals surface area (Å²) < 4.78 is 18.2. The third kappa shape index (κ3) is 3.00. The maximum atomic E-state index is 12.8. The van der Waals surface area contributed by atoms with Gasteiger partial charge in [-0.05, 0) is 18.2 Å². The van der Waals surface area contributed by atoms with Gasteiger partial charge in [0.05, 0.1) is 12.4 Å². The fraction of sp³-hybridized carbons (Fsp3) is 0.0833. The minimum atomic E-state index is -1.10. The van der Waals surface area contributed by atoms with Crippen LogP contribution in [0.15, 0.2) is 36.8 Å². The zero-order chi connectivity index (χ0) is 13.0. The molecule has 0 amide bonds. The van der Waals surface area contributed by atoms with Gasteiger partial charge in [-0.25, -0.2) is 14.2 Å². The van der Waals surface area contributed by atoms with Gasteiger partial charge in [-0.3, -0.25) is 4.98 Å². The topological polar surface area (TPSA) is 72.3 Å². The van der Waals surface area contributed by atoms with Crippen LogP contribution in [0.5, 0.6) is 5.75 Å². The van der Waals surface area contributed by atoms with Gasteiger partial charge in [0.15, 0.2) is 0 Å². The van der Waals surface area contributed by atoms with Crippen LogP contribution < -0.4 is 4.74 Å². The second kappa shape index (κ2) is 5.22. The van der Waals surface area contributed by atoms with Crippen LogP contribution in [-0.4, -0.2) is 21.0 Å². The summed E-state index contributed by atoms with van der Waals surface area (Å²) >= 11 is 0. The zero-order valence-corrected chi connectivity index (χ0v) is 9.21. The molecule has 0 bridgehead atoms. The molecule has 5 nitrogen and oxygen atoms in total. The van der Waals surface area contributed by atoms with E-state index in [1.54, 1.807) is 0 Å². The molecule has 92 valence electrons. The highest BCUT2D eigenvalue weighted by Crippen LogP contribution is 2.12. The Labute approximate surface area is 102 Å². The number of rotatable bonds is 4. The van der Waals surface area contributed by atoms with Gasteiger partial charge >= 0.3 is 5.97 Å². The van der Waals surface area contributed by atoms with E-state index in [1.807, 2.05) is 0 Å². The van der Waals surface area contributed by atoms with Crippen LogP contribution in [0.1, 0.15) is 16.1 Å². The highest BCUT2D eigenvalue weighted by atomic mass is 19.1. The molecule has 18 heavy (non-hydrogen) atoms. The molecule has 0 saturated heterocycles. The van der Waals surface area contributed by atoms with Crippen molar-refractivity contribution in [3.8, 4) is 5.75 Å². The average molecular weight is 248 g/mol. The van der Waals surface area contributed by atoms with E-state index in [4.69, 9.17) is 9.84 Å². The van der Waals surface area contributed by atoms with Crippen molar-refractivity contribution in [2.45, 2.75) is 6.61 Å². The summed E-state index contributed by atoms with van der Waals surface area (Å²) in [7, 11) is 0. The molecule has 1 N–H and O–H groups in total. The fourth-order valence-corrected chi connectivity index (χ4v) is 1.29. The summed E-state index contributed by atoms with van der Waals surface area (Å²) in [4.78, 5) is 18.0. The number of aromatic nitrogens is 2. The van der Waals surface area contributed by atoms with Crippen molar-refractivity contribution in [1.29, 1.82) is 0 Å². The first kappa shape index (κ1) is 12.0. The van der Waals surface area contributed by atoms with Crippen LogP contribution in [0.25, 0.3) is 0 Å². The Morgan fingerprint density at radius 2 is 2.17 bits per heavy atom. The third-order valence-corrected chi connectivity index (χ3v) is 2.12. The Bertz CT molecular complexity index is 558. The lowest BCUT2D eigenvalue weighted by molar-refractivity contribution is 0.0690. The molecule has 2 rings (SSSR count). The second-order valence-corrected chi connectivity index (χ2v) is 3.48. The number of hydrogen-bond acceptors (Lipinski definition) is 4. The molecule has 0 atom stereocenters. The first-order valence-corrected chi connectivity index (χ1v) is 5.07. The molecule has 2 aromatic rings. The molecular weight excluding hydrogens is 239 g/mol. The van der Waals surface area contributed by atoms with Crippen molar-refractivity contribution in [3.63, 3.8) is 0 Å². The number of pyridine rings is 2. The van der Waals surface area contributed by atoms with Crippen LogP contribution in [0, 0.1) is 5.82 Å². The molecular formula is C12H9FN2O3. The van der Waals surface area contributed by atoms with Gasteiger partial charge in [0.1, 0.15) is 23.9 Å². The molecule has 0 radical (unpaired) electrons. The first-order chi connectivity index (χ1) is 8.65. The molecule has 0 fully saturated rings. The van der Waals surface area contributed by atoms with E-state index >= 15 is 0 Å². The number of halogens is 1. The predicted octanol–water partition coefficient (Wildman–Crippen LogP) is 1.89. The quantitative estimate of drug-likeness (QED) is 0.894. The lowest BCUT2D eigenvalue weighted by Gasteiger charge is -2.05. The molecule has 6 heteroatoms. The third-order valence-electron chi connectivity index (χ3n) is 2.12. The minimum Gasteiger partial charge on any atom is -0.487 e. The van der Waals surface area contributed by atoms with Gasteiger partial charge in [0, 0.05) is 11.8 Å². The molecule has 0 aromatic carbocycles. The molecule has 2 aromatic heterocycles. The van der Waals surface area contributed by atoms with Crippen molar-refractivity contribution in [3.05, 3.63) is 53.9 Å². The lowest BCUT2D eigenvalue weighted by Crippen LogP contribution is -2.01. The van der Waals surface area contributed by atoms with Gasteiger partial charge in [-0.15, -0.1) is 0 Å². The number of carboxylic acid groups (broad SMARTS) is 1. The SMILES string of the molecule is O=C(O)c1ccc(OCc2cncc(F)c2)cn1. The lowest BCUT2D eigenvalue weighted by atomic mass is 10.3. The van der Waals surface area contributed by atoms with Crippen LogP contribution in [0.4, 0.5) is 4.39 Å². The number of hydrogen-bond donors (Lipinski definition) is 1. The number of carbonyl (C=O) groups is 1. The minimum absolute atomic E-state index is 0.0604. The van der Waals surface area contributed by atoms with E-state index in [0.717, 1.165) is 6.20 Å². The molecule has 0 aliphatic heterocycles. The Hall–Kier alpha value is -2.50. The van der Waals surface area contributed by atoms with Crippen molar-refractivity contribution >= 4 is 5.97 Å². The zero-order valence-electron chi connectivity index (χ0n) is 9.21. The van der Waals surface area contributed by atoms with Crippen LogP contribution in [0.2, 0.25) is 0 Å². The summed E-state index contributed by atoms with van der Waals surface area (Å²) in [5.74, 6) is -1.13. The Morgan fingerprint density at radius 3 is 2.78 bits per heavy atom. The van der Waals surface area contributed by atoms with Crippen molar-refractivity contribution < 1.29 is 19.0 Å². The second-order valence-electron chi connectivity index (χ2n) is 3.48. The molecule has 0 aliphatic rings. The maximum Gasteiger partial charge on any atom is 0.354 e. The monoisotopic (exact) mass is 248 g/mol. The van der Waals surface area contributed by atoms with Crippen LogP contribution in [-0.2, 0) is 6.61 Å². The average Bonchev–Trinajstić information content (AvgIpc) is 2.37. The summed E-state index contributed by atoms with van der Waals surface area (Å²) in [6, 6.07) is 4.14. The number of carboxylic acids is 1. The summed E-state index contributed by atoms with van der Waals surface area (Å²) in [5.41, 5.74) is 0.520. The highest BCUT2D eigenvalue weighted by molar-refractivity contribution is 5.85. The van der Waals surface area contributed by atoms with E-state index in [1.165, 1.54) is 30.6 Å². The van der Waals surface area contributed by atoms with Gasteiger partial charge < -0.3 is 9.84 Å². The maximum absolute atomic E-state index is 12.8. The molecule has 2 heterocycles. The standard InChI is InChI=1S/C12H9FN2O3/c13-9-3-8(4-14-5-9)7-18-10-1-2-11(12(16)17)15-6-10/h1-6H,7H2,(H,16,17). The Balaban J connectivity index is 2.00. The van der Waals surface area contributed by atoms with Crippen molar-refractivity contribution in [2.24, 2.45) is 0 Å². The smallest absolute Gasteiger partial charge is 0.354 e. The number of ether oxygens (including phenoxy) is 1. The first-order valence-electron chi connectivity index (χ1n) is 5.07. The molecule has 0 unspecified atom stereocenters. The largest absolute Gasteiger partial charge is 0.487 e. The number of aromatic carboxylic acids is 1. The van der Waals surface area contributed by atoms with Crippen molar-refractivity contribution in [2.75, 3.05) is 0 Å². The summed E-state index contributed by atoms with van der Waals surface area (Å²) in [6.07, 6.45) is 3.89. The van der Waals surface area contributed by atoms with E-state index < -0.39 is 11.8 Å². The van der Waals surface area contributed by atoms with Gasteiger partial charge in [0.2, 0.25) is 0 Å². The van der Waals surface area contributed by atoms with Gasteiger partial charge in [-0.1, -0.05) is 0 Å². The van der Waals surface area contributed by atoms with Crippen molar-refractivity contribution in [1.82, 2.24) is 9.97 Å². The summed E-state index contributed by atoms with van der Waals surface area (Å²) in [5, 5.41) is 8.66. The molecule has 0 saturated carbocycles. The Kier molecular flexibility index (Phi) is 3.47. The molecule has 0 aliphatic carbocycles. The van der Waals surface area contributed by atoms with E-state index in [2.05, 4.69) is 9.97 Å².